The molecule has 0 heterocycles. The Labute approximate surface area is 101 Å². The van der Waals surface area contributed by atoms with E-state index in [9.17, 15) is 0 Å². The zero-order valence-corrected chi connectivity index (χ0v) is 11.8. The molecule has 0 rings (SSSR count). The number of ether oxygens (including phenoxy) is 1. The van der Waals surface area contributed by atoms with Crippen molar-refractivity contribution in [2.75, 3.05) is 26.8 Å². The quantitative estimate of drug-likeness (QED) is 0.660. The van der Waals surface area contributed by atoms with E-state index in [2.05, 4.69) is 32.6 Å². The van der Waals surface area contributed by atoms with E-state index in [0.29, 0.717) is 19.2 Å². The van der Waals surface area contributed by atoms with Crippen LogP contribution in [-0.2, 0) is 4.74 Å². The minimum atomic E-state index is -0.0284. The van der Waals surface area contributed by atoms with Crippen molar-refractivity contribution in [3.05, 3.63) is 0 Å². The van der Waals surface area contributed by atoms with Gasteiger partial charge >= 0.3 is 0 Å². The Morgan fingerprint density at radius 2 is 2.00 bits per heavy atom. The highest BCUT2D eigenvalue weighted by molar-refractivity contribution is 4.89. The summed E-state index contributed by atoms with van der Waals surface area (Å²) in [6.45, 7) is 11.4. The van der Waals surface area contributed by atoms with Gasteiger partial charge in [0.2, 0.25) is 0 Å². The van der Waals surface area contributed by atoms with Crippen LogP contribution in [0.25, 0.3) is 0 Å². The lowest BCUT2D eigenvalue weighted by atomic mass is 9.97. The van der Waals surface area contributed by atoms with E-state index in [1.54, 1.807) is 7.11 Å². The van der Waals surface area contributed by atoms with Gasteiger partial charge in [0, 0.05) is 19.7 Å². The molecule has 3 heteroatoms. The molecular formula is C13H30N2O. The average Bonchev–Trinajstić information content (AvgIpc) is 2.29. The third-order valence-corrected chi connectivity index (χ3v) is 3.46. The highest BCUT2D eigenvalue weighted by atomic mass is 16.5. The Bertz CT molecular complexity index is 175. The van der Waals surface area contributed by atoms with Gasteiger partial charge in [-0.1, -0.05) is 20.3 Å². The SMILES string of the molecule is CCCCN(C(C)CC)C(C)(CN)COC. The molecule has 0 aliphatic rings. The fraction of sp³-hybridized carbons (Fsp3) is 1.00. The summed E-state index contributed by atoms with van der Waals surface area (Å²) < 4.78 is 5.33. The Morgan fingerprint density at radius 3 is 2.38 bits per heavy atom. The summed E-state index contributed by atoms with van der Waals surface area (Å²) in [5.74, 6) is 0. The Kier molecular flexibility index (Phi) is 7.98. The molecule has 0 aliphatic heterocycles. The molecule has 0 aliphatic carbocycles. The molecule has 0 amide bonds. The molecule has 0 saturated heterocycles. The molecule has 0 saturated carbocycles. The summed E-state index contributed by atoms with van der Waals surface area (Å²) in [6, 6.07) is 0.565. The molecule has 0 aromatic heterocycles. The van der Waals surface area contributed by atoms with E-state index >= 15 is 0 Å². The van der Waals surface area contributed by atoms with Crippen LogP contribution in [0.15, 0.2) is 0 Å². The van der Waals surface area contributed by atoms with Crippen molar-refractivity contribution in [1.82, 2.24) is 4.90 Å². The zero-order chi connectivity index (χ0) is 12.6. The first-order valence-corrected chi connectivity index (χ1v) is 6.51. The van der Waals surface area contributed by atoms with Crippen molar-refractivity contribution in [2.45, 2.75) is 58.5 Å². The first kappa shape index (κ1) is 15.9. The normalized spacial score (nSPS) is 17.4. The topological polar surface area (TPSA) is 38.5 Å². The largest absolute Gasteiger partial charge is 0.383 e. The fourth-order valence-corrected chi connectivity index (χ4v) is 2.14. The lowest BCUT2D eigenvalue weighted by molar-refractivity contribution is 0.00149. The lowest BCUT2D eigenvalue weighted by Crippen LogP contribution is -2.58. The molecule has 0 bridgehead atoms. The lowest BCUT2D eigenvalue weighted by Gasteiger charge is -2.44. The maximum atomic E-state index is 5.94. The molecule has 0 spiro atoms. The van der Waals surface area contributed by atoms with Crippen LogP contribution in [0.5, 0.6) is 0 Å². The minimum absolute atomic E-state index is 0.0284. The van der Waals surface area contributed by atoms with Crippen molar-refractivity contribution in [1.29, 1.82) is 0 Å². The maximum absolute atomic E-state index is 5.94. The van der Waals surface area contributed by atoms with Crippen LogP contribution in [0.4, 0.5) is 0 Å². The Morgan fingerprint density at radius 1 is 1.38 bits per heavy atom. The van der Waals surface area contributed by atoms with Crippen LogP contribution in [0.1, 0.15) is 47.0 Å². The maximum Gasteiger partial charge on any atom is 0.0656 e. The van der Waals surface area contributed by atoms with E-state index in [4.69, 9.17) is 10.5 Å². The van der Waals surface area contributed by atoms with Gasteiger partial charge in [0.1, 0.15) is 0 Å². The van der Waals surface area contributed by atoms with Crippen LogP contribution in [0, 0.1) is 0 Å². The number of nitrogens with zero attached hydrogens (tertiary/aromatic N) is 1. The number of unbranched alkanes of at least 4 members (excludes halogenated alkanes) is 1. The number of nitrogens with two attached hydrogens (primary N) is 1. The zero-order valence-electron chi connectivity index (χ0n) is 11.8. The minimum Gasteiger partial charge on any atom is -0.383 e. The second-order valence-corrected chi connectivity index (χ2v) is 4.94. The molecule has 2 N–H and O–H groups in total. The van der Waals surface area contributed by atoms with Gasteiger partial charge in [-0.25, -0.2) is 0 Å². The van der Waals surface area contributed by atoms with Crippen molar-refractivity contribution >= 4 is 0 Å². The summed E-state index contributed by atoms with van der Waals surface area (Å²) in [4.78, 5) is 2.51. The van der Waals surface area contributed by atoms with Crippen LogP contribution < -0.4 is 5.73 Å². The monoisotopic (exact) mass is 230 g/mol. The van der Waals surface area contributed by atoms with Crippen LogP contribution >= 0.6 is 0 Å². The van der Waals surface area contributed by atoms with Gasteiger partial charge in [0.25, 0.3) is 0 Å². The van der Waals surface area contributed by atoms with Gasteiger partial charge in [0.15, 0.2) is 0 Å². The van der Waals surface area contributed by atoms with Crippen LogP contribution in [-0.4, -0.2) is 43.3 Å². The van der Waals surface area contributed by atoms with Crippen molar-refractivity contribution < 1.29 is 4.74 Å². The Balaban J connectivity index is 4.66. The molecule has 16 heavy (non-hydrogen) atoms. The van der Waals surface area contributed by atoms with Gasteiger partial charge < -0.3 is 10.5 Å². The first-order valence-electron chi connectivity index (χ1n) is 6.51. The standard InChI is InChI=1S/C13H30N2O/c1-6-8-9-15(12(3)7-2)13(4,10-14)11-16-5/h12H,6-11,14H2,1-5H3. The number of hydrogen-bond acceptors (Lipinski definition) is 3. The Hall–Kier alpha value is -0.120. The number of rotatable bonds is 9. The molecular weight excluding hydrogens is 200 g/mol. The molecule has 98 valence electrons. The third kappa shape index (κ3) is 4.40. The fourth-order valence-electron chi connectivity index (χ4n) is 2.14. The highest BCUT2D eigenvalue weighted by Gasteiger charge is 2.32. The number of methoxy groups -OCH3 is 1. The predicted octanol–water partition coefficient (Wildman–Crippen LogP) is 2.25. The predicted molar refractivity (Wildman–Crippen MR) is 70.7 cm³/mol. The molecule has 0 aromatic rings. The second-order valence-electron chi connectivity index (χ2n) is 4.94. The number of hydrogen-bond donors (Lipinski definition) is 1. The average molecular weight is 230 g/mol. The van der Waals surface area contributed by atoms with E-state index < -0.39 is 0 Å². The molecule has 0 radical (unpaired) electrons. The van der Waals surface area contributed by atoms with Gasteiger partial charge in [-0.05, 0) is 33.2 Å². The second kappa shape index (κ2) is 8.04. The van der Waals surface area contributed by atoms with Gasteiger partial charge in [-0.15, -0.1) is 0 Å². The van der Waals surface area contributed by atoms with Gasteiger partial charge in [-0.3, -0.25) is 4.90 Å². The molecule has 2 unspecified atom stereocenters. The summed E-state index contributed by atoms with van der Waals surface area (Å²) in [6.07, 6.45) is 3.60. The van der Waals surface area contributed by atoms with E-state index in [1.165, 1.54) is 12.8 Å². The summed E-state index contributed by atoms with van der Waals surface area (Å²) >= 11 is 0. The molecule has 3 nitrogen and oxygen atoms in total. The van der Waals surface area contributed by atoms with Gasteiger partial charge in [0.05, 0.1) is 12.1 Å². The van der Waals surface area contributed by atoms with E-state index in [-0.39, 0.29) is 5.54 Å². The van der Waals surface area contributed by atoms with Crippen LogP contribution in [0.2, 0.25) is 0 Å². The molecule has 0 fully saturated rings. The van der Waals surface area contributed by atoms with Crippen LogP contribution in [0.3, 0.4) is 0 Å². The first-order chi connectivity index (χ1) is 7.55. The van der Waals surface area contributed by atoms with E-state index in [0.717, 1.165) is 13.0 Å². The molecule has 0 aromatic carbocycles. The van der Waals surface area contributed by atoms with Crippen molar-refractivity contribution in [2.24, 2.45) is 5.73 Å². The highest BCUT2D eigenvalue weighted by Crippen LogP contribution is 2.20. The third-order valence-electron chi connectivity index (χ3n) is 3.46. The smallest absolute Gasteiger partial charge is 0.0656 e. The summed E-state index contributed by atoms with van der Waals surface area (Å²) in [5, 5.41) is 0. The molecule has 2 atom stereocenters. The van der Waals surface area contributed by atoms with Crippen molar-refractivity contribution in [3.8, 4) is 0 Å². The van der Waals surface area contributed by atoms with Gasteiger partial charge in [-0.2, -0.15) is 0 Å². The van der Waals surface area contributed by atoms with Crippen molar-refractivity contribution in [3.63, 3.8) is 0 Å². The summed E-state index contributed by atoms with van der Waals surface area (Å²) in [5.41, 5.74) is 5.91. The summed E-state index contributed by atoms with van der Waals surface area (Å²) in [7, 11) is 1.75. The van der Waals surface area contributed by atoms with E-state index in [1.807, 2.05) is 0 Å².